The Hall–Kier alpha value is -1.08. The van der Waals surface area contributed by atoms with Gasteiger partial charge in [-0.3, -0.25) is 9.59 Å². The van der Waals surface area contributed by atoms with Crippen LogP contribution in [0.1, 0.15) is 33.6 Å². The van der Waals surface area contributed by atoms with Crippen LogP contribution in [0.5, 0.6) is 0 Å². The number of carbonyl (C=O) groups is 2. The minimum atomic E-state index is -0.533. The Kier molecular flexibility index (Phi) is 7.89. The van der Waals surface area contributed by atoms with Crippen LogP contribution in [0.15, 0.2) is 21.5 Å². The molecule has 0 saturated carbocycles. The predicted octanol–water partition coefficient (Wildman–Crippen LogP) is 4.37. The van der Waals surface area contributed by atoms with Crippen molar-refractivity contribution in [1.29, 1.82) is 0 Å². The van der Waals surface area contributed by atoms with Gasteiger partial charge in [-0.05, 0) is 41.4 Å². The van der Waals surface area contributed by atoms with E-state index in [1.54, 1.807) is 6.92 Å². The normalized spacial score (nSPS) is 11.9. The van der Waals surface area contributed by atoms with E-state index < -0.39 is 5.82 Å². The molecule has 0 saturated heterocycles. The summed E-state index contributed by atoms with van der Waals surface area (Å²) in [6.07, 6.45) is 1.48. The van der Waals surface area contributed by atoms with E-state index in [-0.39, 0.29) is 22.8 Å². The first-order valence-corrected chi connectivity index (χ1v) is 8.66. The number of thioether (sulfide) groups is 1. The van der Waals surface area contributed by atoms with Crippen molar-refractivity contribution in [1.82, 2.24) is 0 Å². The molecule has 4 nitrogen and oxygen atoms in total. The molecule has 1 N–H and O–H groups in total. The Bertz CT molecular complexity index is 554. The van der Waals surface area contributed by atoms with Crippen molar-refractivity contribution in [3.63, 3.8) is 0 Å². The van der Waals surface area contributed by atoms with E-state index in [9.17, 15) is 14.0 Å². The van der Waals surface area contributed by atoms with Gasteiger partial charge in [0.15, 0.2) is 0 Å². The molecule has 1 aromatic carbocycles. The molecule has 122 valence electrons. The lowest BCUT2D eigenvalue weighted by Gasteiger charge is -2.16. The van der Waals surface area contributed by atoms with E-state index in [0.717, 1.165) is 6.42 Å². The Labute approximate surface area is 142 Å². The van der Waals surface area contributed by atoms with E-state index in [4.69, 9.17) is 4.74 Å². The van der Waals surface area contributed by atoms with Crippen LogP contribution in [0.2, 0.25) is 0 Å². The van der Waals surface area contributed by atoms with Gasteiger partial charge in [-0.1, -0.05) is 13.3 Å². The maximum absolute atomic E-state index is 13.8. The number of hydrogen-bond acceptors (Lipinski definition) is 4. The number of benzene rings is 1. The largest absolute Gasteiger partial charge is 0.465 e. The number of carbonyl (C=O) groups excluding carboxylic acids is 2. The van der Waals surface area contributed by atoms with E-state index in [0.29, 0.717) is 22.4 Å². The van der Waals surface area contributed by atoms with E-state index in [1.165, 1.54) is 30.8 Å². The van der Waals surface area contributed by atoms with Crippen LogP contribution in [0, 0.1) is 5.82 Å². The quantitative estimate of drug-likeness (QED) is 0.553. The van der Waals surface area contributed by atoms with Gasteiger partial charge in [-0.15, -0.1) is 11.8 Å². The highest BCUT2D eigenvalue weighted by Gasteiger charge is 2.22. The van der Waals surface area contributed by atoms with Gasteiger partial charge in [0.1, 0.15) is 11.1 Å². The molecular formula is C15H19BrFNO3S. The van der Waals surface area contributed by atoms with Crippen LogP contribution >= 0.6 is 27.7 Å². The minimum Gasteiger partial charge on any atom is -0.465 e. The van der Waals surface area contributed by atoms with Gasteiger partial charge in [-0.25, -0.2) is 4.39 Å². The fourth-order valence-electron chi connectivity index (χ4n) is 1.78. The third kappa shape index (κ3) is 5.61. The molecule has 22 heavy (non-hydrogen) atoms. The van der Waals surface area contributed by atoms with Crippen LogP contribution in [0.25, 0.3) is 0 Å². The molecule has 0 aliphatic carbocycles. The van der Waals surface area contributed by atoms with Crippen molar-refractivity contribution in [2.45, 2.75) is 43.8 Å². The Morgan fingerprint density at radius 2 is 2.09 bits per heavy atom. The number of esters is 1. The van der Waals surface area contributed by atoms with Crippen LogP contribution < -0.4 is 5.32 Å². The van der Waals surface area contributed by atoms with Gasteiger partial charge < -0.3 is 10.1 Å². The Morgan fingerprint density at radius 1 is 1.41 bits per heavy atom. The molecule has 0 aliphatic rings. The van der Waals surface area contributed by atoms with Crippen molar-refractivity contribution >= 4 is 45.3 Å². The van der Waals surface area contributed by atoms with Crippen LogP contribution in [-0.2, 0) is 14.3 Å². The molecule has 0 bridgehead atoms. The summed E-state index contributed by atoms with van der Waals surface area (Å²) in [5, 5.41) is 2.07. The molecule has 0 heterocycles. The number of rotatable bonds is 7. The summed E-state index contributed by atoms with van der Waals surface area (Å²) in [4.78, 5) is 23.8. The highest BCUT2D eigenvalue weighted by Crippen LogP contribution is 2.36. The first kappa shape index (κ1) is 19.0. The molecule has 0 aromatic heterocycles. The maximum Gasteiger partial charge on any atom is 0.319 e. The molecule has 1 atom stereocenters. The molecule has 0 radical (unpaired) electrons. The number of amides is 1. The smallest absolute Gasteiger partial charge is 0.319 e. The van der Waals surface area contributed by atoms with Crippen LogP contribution in [0.4, 0.5) is 10.1 Å². The van der Waals surface area contributed by atoms with Gasteiger partial charge >= 0.3 is 5.97 Å². The third-order valence-electron chi connectivity index (χ3n) is 2.70. The lowest BCUT2D eigenvalue weighted by atomic mass is 10.2. The summed E-state index contributed by atoms with van der Waals surface area (Å²) < 4.78 is 19.4. The Morgan fingerprint density at radius 3 is 2.64 bits per heavy atom. The topological polar surface area (TPSA) is 55.4 Å². The number of anilines is 1. The van der Waals surface area contributed by atoms with Crippen LogP contribution in [0.3, 0.4) is 0 Å². The first-order chi connectivity index (χ1) is 10.4. The minimum absolute atomic E-state index is 0.0947. The fourth-order valence-corrected chi connectivity index (χ4v) is 3.56. The second-order valence-electron chi connectivity index (χ2n) is 4.59. The Balaban J connectivity index is 3.02. The van der Waals surface area contributed by atoms with Crippen molar-refractivity contribution in [3.05, 3.63) is 22.4 Å². The van der Waals surface area contributed by atoms with Crippen molar-refractivity contribution in [2.24, 2.45) is 0 Å². The standard InChI is InChI=1S/C15H19BrFNO3S/c1-4-6-13(15(20)21-5-2)22-14-8-12(18-9(3)19)11(17)7-10(14)16/h7-8,13H,4-6H2,1-3H3,(H,18,19). The average Bonchev–Trinajstić information content (AvgIpc) is 2.43. The summed E-state index contributed by atoms with van der Waals surface area (Å²) in [5.74, 6) is -1.17. The maximum atomic E-state index is 13.8. The molecule has 1 rings (SSSR count). The number of nitrogens with one attached hydrogen (secondary N) is 1. The monoisotopic (exact) mass is 391 g/mol. The summed E-state index contributed by atoms with van der Waals surface area (Å²) in [5.41, 5.74) is 0.0947. The van der Waals surface area contributed by atoms with Gasteiger partial charge in [0, 0.05) is 16.3 Å². The van der Waals surface area contributed by atoms with E-state index >= 15 is 0 Å². The number of halogens is 2. The lowest BCUT2D eigenvalue weighted by molar-refractivity contribution is -0.142. The molecule has 1 unspecified atom stereocenters. The predicted molar refractivity (Wildman–Crippen MR) is 89.6 cm³/mol. The van der Waals surface area contributed by atoms with Crippen molar-refractivity contribution < 1.29 is 18.7 Å². The first-order valence-electron chi connectivity index (χ1n) is 6.98. The van der Waals surface area contributed by atoms with Gasteiger partial charge in [0.25, 0.3) is 0 Å². The molecule has 0 aliphatic heterocycles. The highest BCUT2D eigenvalue weighted by atomic mass is 79.9. The summed E-state index contributed by atoms with van der Waals surface area (Å²) in [6, 6.07) is 2.80. The zero-order valence-electron chi connectivity index (χ0n) is 12.7. The zero-order valence-corrected chi connectivity index (χ0v) is 15.1. The SMILES string of the molecule is CCCC(Sc1cc(NC(C)=O)c(F)cc1Br)C(=O)OCC. The number of hydrogen-bond donors (Lipinski definition) is 1. The fraction of sp³-hybridized carbons (Fsp3) is 0.467. The average molecular weight is 392 g/mol. The van der Waals surface area contributed by atoms with Gasteiger partial charge in [0.2, 0.25) is 5.91 Å². The van der Waals surface area contributed by atoms with E-state index in [1.807, 2.05) is 6.92 Å². The van der Waals surface area contributed by atoms with Crippen LogP contribution in [-0.4, -0.2) is 23.7 Å². The number of ether oxygens (including phenoxy) is 1. The van der Waals surface area contributed by atoms with E-state index in [2.05, 4.69) is 21.2 Å². The molecule has 0 spiro atoms. The summed E-state index contributed by atoms with van der Waals surface area (Å²) >= 11 is 4.59. The van der Waals surface area contributed by atoms with Crippen molar-refractivity contribution in [3.8, 4) is 0 Å². The summed E-state index contributed by atoms with van der Waals surface area (Å²) in [7, 11) is 0. The second-order valence-corrected chi connectivity index (χ2v) is 6.69. The molecule has 1 aromatic rings. The van der Waals surface area contributed by atoms with Gasteiger partial charge in [0.05, 0.1) is 12.3 Å². The van der Waals surface area contributed by atoms with Crippen molar-refractivity contribution in [2.75, 3.05) is 11.9 Å². The molecule has 0 fully saturated rings. The lowest BCUT2D eigenvalue weighted by Crippen LogP contribution is -2.20. The third-order valence-corrected chi connectivity index (χ3v) is 4.92. The summed E-state index contributed by atoms with van der Waals surface area (Å²) in [6.45, 7) is 5.37. The molecule has 1 amide bonds. The molecule has 7 heteroatoms. The molecular weight excluding hydrogens is 373 g/mol. The zero-order chi connectivity index (χ0) is 16.7. The van der Waals surface area contributed by atoms with Gasteiger partial charge in [-0.2, -0.15) is 0 Å². The highest BCUT2D eigenvalue weighted by molar-refractivity contribution is 9.10. The second kappa shape index (κ2) is 9.15.